The molecule has 1 saturated heterocycles. The molecule has 1 fully saturated rings. The van der Waals surface area contributed by atoms with Gasteiger partial charge in [0.25, 0.3) is 0 Å². The molecule has 0 saturated carbocycles. The second-order valence-corrected chi connectivity index (χ2v) is 4.93. The molecule has 1 rings (SSSR count). The van der Waals surface area contributed by atoms with Crippen LogP contribution in [-0.2, 0) is 4.79 Å². The van der Waals surface area contributed by atoms with Crippen LogP contribution in [0.2, 0.25) is 0 Å². The average molecular weight is 197 g/mol. The molecule has 2 atom stereocenters. The molecule has 82 valence electrons. The molecule has 0 bridgehead atoms. The monoisotopic (exact) mass is 197 g/mol. The maximum Gasteiger partial charge on any atom is 0.223 e. The Bertz CT molecular complexity index is 200. The van der Waals surface area contributed by atoms with Gasteiger partial charge in [-0.25, -0.2) is 0 Å². The zero-order valence-corrected chi connectivity index (χ0v) is 9.92. The van der Waals surface area contributed by atoms with Gasteiger partial charge in [-0.2, -0.15) is 0 Å². The highest BCUT2D eigenvalue weighted by Crippen LogP contribution is 2.27. The second-order valence-electron chi connectivity index (χ2n) is 4.93. The lowest BCUT2D eigenvalue weighted by molar-refractivity contribution is -0.133. The fraction of sp³-hybridized carbons (Fsp3) is 0.917. The van der Waals surface area contributed by atoms with Gasteiger partial charge in [-0.1, -0.05) is 27.7 Å². The summed E-state index contributed by atoms with van der Waals surface area (Å²) in [5, 5.41) is 0. The molecule has 0 aromatic heterocycles. The van der Waals surface area contributed by atoms with Crippen molar-refractivity contribution in [3.05, 3.63) is 0 Å². The van der Waals surface area contributed by atoms with E-state index < -0.39 is 0 Å². The van der Waals surface area contributed by atoms with E-state index in [4.69, 9.17) is 0 Å². The molecule has 0 aromatic carbocycles. The molecular weight excluding hydrogens is 174 g/mol. The molecule has 1 amide bonds. The minimum atomic E-state index is 0.358. The van der Waals surface area contributed by atoms with Gasteiger partial charge in [-0.15, -0.1) is 0 Å². The van der Waals surface area contributed by atoms with Crippen molar-refractivity contribution in [1.29, 1.82) is 0 Å². The predicted octanol–water partition coefficient (Wildman–Crippen LogP) is 2.68. The summed E-state index contributed by atoms with van der Waals surface area (Å²) in [6, 6.07) is 0.501. The molecule has 0 unspecified atom stereocenters. The Morgan fingerprint density at radius 1 is 1.50 bits per heavy atom. The molecule has 0 spiro atoms. The van der Waals surface area contributed by atoms with E-state index in [0.29, 0.717) is 30.2 Å². The number of carbonyl (C=O) groups excluding carboxylic acids is 1. The van der Waals surface area contributed by atoms with Crippen molar-refractivity contribution in [1.82, 2.24) is 4.90 Å². The third-order valence-electron chi connectivity index (χ3n) is 3.20. The fourth-order valence-electron chi connectivity index (χ4n) is 2.41. The van der Waals surface area contributed by atoms with Crippen molar-refractivity contribution in [2.75, 3.05) is 6.54 Å². The van der Waals surface area contributed by atoms with Crippen LogP contribution in [0.5, 0.6) is 0 Å². The van der Waals surface area contributed by atoms with Crippen molar-refractivity contribution < 1.29 is 4.79 Å². The average Bonchev–Trinajstić information content (AvgIpc) is 2.45. The first-order valence-electron chi connectivity index (χ1n) is 5.85. The highest BCUT2D eigenvalue weighted by atomic mass is 16.2. The summed E-state index contributed by atoms with van der Waals surface area (Å²) >= 11 is 0. The molecule has 2 heteroatoms. The van der Waals surface area contributed by atoms with Crippen LogP contribution < -0.4 is 0 Å². The predicted molar refractivity (Wildman–Crippen MR) is 59.0 cm³/mol. The highest BCUT2D eigenvalue weighted by Gasteiger charge is 2.32. The lowest BCUT2D eigenvalue weighted by atomic mass is 10.0. The Labute approximate surface area is 87.7 Å². The topological polar surface area (TPSA) is 20.3 Å². The van der Waals surface area contributed by atoms with Crippen LogP contribution in [0.25, 0.3) is 0 Å². The van der Waals surface area contributed by atoms with Gasteiger partial charge in [0.05, 0.1) is 0 Å². The number of rotatable bonds is 3. The molecule has 0 aromatic rings. The van der Waals surface area contributed by atoms with Crippen LogP contribution in [-0.4, -0.2) is 23.4 Å². The first kappa shape index (κ1) is 11.5. The standard InChI is InChI=1S/C12H23NO/c1-5-11-10(4)6-7-13(11)12(14)8-9(2)3/h9-11H,5-8H2,1-4H3/t10-,11+/m0/s1. The highest BCUT2D eigenvalue weighted by molar-refractivity contribution is 5.77. The van der Waals surface area contributed by atoms with Gasteiger partial charge in [-0.05, 0) is 24.7 Å². The second kappa shape index (κ2) is 4.81. The van der Waals surface area contributed by atoms with Gasteiger partial charge in [0.1, 0.15) is 0 Å². The van der Waals surface area contributed by atoms with Gasteiger partial charge in [0.15, 0.2) is 0 Å². The Morgan fingerprint density at radius 2 is 2.14 bits per heavy atom. The maximum atomic E-state index is 11.9. The van der Waals surface area contributed by atoms with E-state index in [1.54, 1.807) is 0 Å². The fourth-order valence-corrected chi connectivity index (χ4v) is 2.41. The zero-order chi connectivity index (χ0) is 10.7. The molecule has 0 N–H and O–H groups in total. The van der Waals surface area contributed by atoms with Crippen molar-refractivity contribution in [3.8, 4) is 0 Å². The summed E-state index contributed by atoms with van der Waals surface area (Å²) in [6.07, 6.45) is 3.00. The number of hydrogen-bond acceptors (Lipinski definition) is 1. The Morgan fingerprint density at radius 3 is 2.64 bits per heavy atom. The van der Waals surface area contributed by atoms with Gasteiger partial charge in [-0.3, -0.25) is 4.79 Å². The maximum absolute atomic E-state index is 11.9. The summed E-state index contributed by atoms with van der Waals surface area (Å²) in [5.41, 5.74) is 0. The minimum Gasteiger partial charge on any atom is -0.339 e. The molecule has 1 aliphatic rings. The number of hydrogen-bond donors (Lipinski definition) is 0. The molecule has 1 heterocycles. The molecule has 2 nitrogen and oxygen atoms in total. The lowest BCUT2D eigenvalue weighted by Crippen LogP contribution is -2.37. The van der Waals surface area contributed by atoms with E-state index in [1.165, 1.54) is 6.42 Å². The van der Waals surface area contributed by atoms with Crippen LogP contribution in [0, 0.1) is 11.8 Å². The Kier molecular flexibility index (Phi) is 3.97. The number of carbonyl (C=O) groups is 1. The van der Waals surface area contributed by atoms with Crippen LogP contribution >= 0.6 is 0 Å². The van der Waals surface area contributed by atoms with Crippen molar-refractivity contribution in [2.45, 2.75) is 53.0 Å². The normalized spacial score (nSPS) is 27.4. The van der Waals surface area contributed by atoms with Crippen LogP contribution in [0.3, 0.4) is 0 Å². The third kappa shape index (κ3) is 2.49. The first-order valence-corrected chi connectivity index (χ1v) is 5.85. The van der Waals surface area contributed by atoms with Crippen LogP contribution in [0.1, 0.15) is 47.0 Å². The van der Waals surface area contributed by atoms with Crippen LogP contribution in [0.15, 0.2) is 0 Å². The van der Waals surface area contributed by atoms with E-state index in [2.05, 4.69) is 32.6 Å². The minimum absolute atomic E-state index is 0.358. The smallest absolute Gasteiger partial charge is 0.223 e. The Hall–Kier alpha value is -0.530. The van der Waals surface area contributed by atoms with Gasteiger partial charge in [0.2, 0.25) is 5.91 Å². The molecule has 1 aliphatic heterocycles. The van der Waals surface area contributed by atoms with Gasteiger partial charge < -0.3 is 4.90 Å². The van der Waals surface area contributed by atoms with Crippen LogP contribution in [0.4, 0.5) is 0 Å². The van der Waals surface area contributed by atoms with E-state index >= 15 is 0 Å². The molecular formula is C12H23NO. The van der Waals surface area contributed by atoms with E-state index in [0.717, 1.165) is 13.0 Å². The van der Waals surface area contributed by atoms with Gasteiger partial charge in [0, 0.05) is 19.0 Å². The largest absolute Gasteiger partial charge is 0.339 e. The quantitative estimate of drug-likeness (QED) is 0.681. The third-order valence-corrected chi connectivity index (χ3v) is 3.20. The summed E-state index contributed by atoms with van der Waals surface area (Å²) in [4.78, 5) is 14.0. The van der Waals surface area contributed by atoms with E-state index in [1.807, 2.05) is 0 Å². The number of likely N-dealkylation sites (tertiary alicyclic amines) is 1. The van der Waals surface area contributed by atoms with Crippen molar-refractivity contribution in [3.63, 3.8) is 0 Å². The summed E-state index contributed by atoms with van der Waals surface area (Å²) in [6.45, 7) is 9.64. The molecule has 0 radical (unpaired) electrons. The molecule has 0 aliphatic carbocycles. The van der Waals surface area contributed by atoms with Crippen molar-refractivity contribution >= 4 is 5.91 Å². The lowest BCUT2D eigenvalue weighted by Gasteiger charge is -2.26. The first-order chi connectivity index (χ1) is 6.56. The number of nitrogens with zero attached hydrogens (tertiary/aromatic N) is 1. The Balaban J connectivity index is 2.55. The van der Waals surface area contributed by atoms with Crippen molar-refractivity contribution in [2.24, 2.45) is 11.8 Å². The SMILES string of the molecule is CC[C@@H]1[C@@H](C)CCN1C(=O)CC(C)C. The molecule has 14 heavy (non-hydrogen) atoms. The zero-order valence-electron chi connectivity index (χ0n) is 9.92. The summed E-state index contributed by atoms with van der Waals surface area (Å²) in [5.74, 6) is 1.53. The summed E-state index contributed by atoms with van der Waals surface area (Å²) < 4.78 is 0. The van der Waals surface area contributed by atoms with Gasteiger partial charge >= 0.3 is 0 Å². The number of amides is 1. The van der Waals surface area contributed by atoms with E-state index in [9.17, 15) is 4.79 Å². The van der Waals surface area contributed by atoms with E-state index in [-0.39, 0.29) is 0 Å². The summed E-state index contributed by atoms with van der Waals surface area (Å²) in [7, 11) is 0.